The number of rotatable bonds is 7. The van der Waals surface area contributed by atoms with E-state index in [-0.39, 0.29) is 18.3 Å². The lowest BCUT2D eigenvalue weighted by atomic mass is 10.2. The van der Waals surface area contributed by atoms with Gasteiger partial charge >= 0.3 is 0 Å². The average molecular weight is 315 g/mol. The number of halogens is 3. The summed E-state index contributed by atoms with van der Waals surface area (Å²) in [6, 6.07) is -0.601. The summed E-state index contributed by atoms with van der Waals surface area (Å²) in [5, 5.41) is 6.25. The maximum atomic E-state index is 12.1. The molecule has 110 valence electrons. The number of amides is 1. The van der Waals surface area contributed by atoms with Gasteiger partial charge in [0.2, 0.25) is 5.91 Å². The van der Waals surface area contributed by atoms with E-state index < -0.39 is 19.0 Å². The third-order valence-corrected chi connectivity index (χ3v) is 2.84. The first kappa shape index (κ1) is 18.1. The Hall–Kier alpha value is -0.860. The van der Waals surface area contributed by atoms with Gasteiger partial charge in [0.25, 0.3) is 6.43 Å². The van der Waals surface area contributed by atoms with Gasteiger partial charge in [0.05, 0.1) is 17.9 Å². The van der Waals surface area contributed by atoms with E-state index in [1.165, 1.54) is 12.4 Å². The normalized spacial score (nSPS) is 12.1. The van der Waals surface area contributed by atoms with Crippen LogP contribution >= 0.6 is 24.2 Å². The molecule has 0 radical (unpaired) electrons. The number of thioether (sulfide) groups is 1. The number of nitrogens with one attached hydrogen (secondary N) is 1. The minimum atomic E-state index is -2.47. The van der Waals surface area contributed by atoms with Gasteiger partial charge in [-0.05, 0) is 18.4 Å². The molecule has 19 heavy (non-hydrogen) atoms. The number of carbonyl (C=O) groups excluding carboxylic acids is 1. The van der Waals surface area contributed by atoms with Crippen molar-refractivity contribution in [3.63, 3.8) is 0 Å². The molecule has 0 fully saturated rings. The highest BCUT2D eigenvalue weighted by molar-refractivity contribution is 7.98. The monoisotopic (exact) mass is 314 g/mol. The van der Waals surface area contributed by atoms with E-state index in [1.807, 2.05) is 6.26 Å². The van der Waals surface area contributed by atoms with Crippen LogP contribution in [0.3, 0.4) is 0 Å². The first-order valence-corrected chi connectivity index (χ1v) is 6.78. The zero-order valence-electron chi connectivity index (χ0n) is 10.4. The molecular formula is C10H17ClF2N4OS. The fraction of sp³-hybridized carbons (Fsp3) is 0.600. The van der Waals surface area contributed by atoms with Crippen molar-refractivity contribution in [2.75, 3.05) is 17.3 Å². The molecule has 0 aliphatic carbocycles. The van der Waals surface area contributed by atoms with Crippen molar-refractivity contribution in [2.45, 2.75) is 25.4 Å². The number of aromatic nitrogens is 2. The molecule has 1 atom stereocenters. The molecule has 0 bridgehead atoms. The van der Waals surface area contributed by atoms with E-state index in [2.05, 4.69) is 10.4 Å². The topological polar surface area (TPSA) is 72.9 Å². The highest BCUT2D eigenvalue weighted by Crippen LogP contribution is 2.08. The van der Waals surface area contributed by atoms with Crippen molar-refractivity contribution in [3.05, 3.63) is 12.4 Å². The number of hydrogen-bond donors (Lipinski definition) is 2. The molecule has 1 amide bonds. The van der Waals surface area contributed by atoms with Crippen LogP contribution in [0.25, 0.3) is 0 Å². The van der Waals surface area contributed by atoms with Crippen molar-refractivity contribution in [3.8, 4) is 0 Å². The van der Waals surface area contributed by atoms with E-state index in [9.17, 15) is 13.6 Å². The Morgan fingerprint density at radius 1 is 1.63 bits per heavy atom. The van der Waals surface area contributed by atoms with Gasteiger partial charge in [0.1, 0.15) is 6.54 Å². The Balaban J connectivity index is 0.00000324. The maximum Gasteiger partial charge on any atom is 0.257 e. The second-order valence-corrected chi connectivity index (χ2v) is 4.70. The quantitative estimate of drug-likeness (QED) is 0.801. The molecule has 0 aliphatic rings. The first-order chi connectivity index (χ1) is 8.52. The maximum absolute atomic E-state index is 12.1. The fourth-order valence-electron chi connectivity index (χ4n) is 1.28. The Labute approximate surface area is 120 Å². The van der Waals surface area contributed by atoms with Gasteiger partial charge in [-0.15, -0.1) is 12.4 Å². The molecule has 5 nitrogen and oxygen atoms in total. The molecule has 0 saturated heterocycles. The van der Waals surface area contributed by atoms with Crippen LogP contribution in [-0.2, 0) is 11.3 Å². The van der Waals surface area contributed by atoms with Crippen LogP contribution in [0.5, 0.6) is 0 Å². The first-order valence-electron chi connectivity index (χ1n) is 5.39. The lowest BCUT2D eigenvalue weighted by Crippen LogP contribution is -2.35. The van der Waals surface area contributed by atoms with Crippen molar-refractivity contribution in [2.24, 2.45) is 5.73 Å². The second-order valence-electron chi connectivity index (χ2n) is 3.72. The Kier molecular flexibility index (Phi) is 8.70. The molecule has 1 heterocycles. The third-order valence-electron chi connectivity index (χ3n) is 2.20. The molecule has 0 aromatic carbocycles. The molecule has 3 N–H and O–H groups in total. The predicted molar refractivity (Wildman–Crippen MR) is 75.1 cm³/mol. The summed E-state index contributed by atoms with van der Waals surface area (Å²) in [4.78, 5) is 11.6. The van der Waals surface area contributed by atoms with E-state index >= 15 is 0 Å². The average Bonchev–Trinajstić information content (AvgIpc) is 2.72. The Morgan fingerprint density at radius 3 is 2.89 bits per heavy atom. The minimum Gasteiger partial charge on any atom is -0.322 e. The van der Waals surface area contributed by atoms with Crippen molar-refractivity contribution >= 4 is 35.8 Å². The Morgan fingerprint density at radius 2 is 2.32 bits per heavy atom. The van der Waals surface area contributed by atoms with Crippen molar-refractivity contribution in [1.82, 2.24) is 9.78 Å². The zero-order chi connectivity index (χ0) is 13.5. The smallest absolute Gasteiger partial charge is 0.257 e. The molecular weight excluding hydrogens is 298 g/mol. The van der Waals surface area contributed by atoms with Crippen LogP contribution in [0.1, 0.15) is 6.42 Å². The van der Waals surface area contributed by atoms with Gasteiger partial charge in [0.15, 0.2) is 0 Å². The van der Waals surface area contributed by atoms with E-state index in [4.69, 9.17) is 5.73 Å². The molecule has 1 rings (SSSR count). The summed E-state index contributed by atoms with van der Waals surface area (Å²) in [6.07, 6.45) is 2.70. The lowest BCUT2D eigenvalue weighted by molar-refractivity contribution is -0.117. The number of carbonyl (C=O) groups is 1. The van der Waals surface area contributed by atoms with Crippen LogP contribution < -0.4 is 11.1 Å². The van der Waals surface area contributed by atoms with E-state index in [0.29, 0.717) is 12.1 Å². The molecule has 0 saturated carbocycles. The van der Waals surface area contributed by atoms with Crippen LogP contribution in [-0.4, -0.2) is 40.2 Å². The van der Waals surface area contributed by atoms with Gasteiger partial charge in [-0.1, -0.05) is 0 Å². The van der Waals surface area contributed by atoms with E-state index in [1.54, 1.807) is 11.8 Å². The summed E-state index contributed by atoms with van der Waals surface area (Å²) in [7, 11) is 0. The summed E-state index contributed by atoms with van der Waals surface area (Å²) in [5.74, 6) is 0.458. The van der Waals surface area contributed by atoms with Crippen LogP contribution in [0.15, 0.2) is 12.4 Å². The summed E-state index contributed by atoms with van der Waals surface area (Å²) in [5.41, 5.74) is 6.04. The van der Waals surface area contributed by atoms with Gasteiger partial charge in [0, 0.05) is 6.20 Å². The molecule has 1 aromatic heterocycles. The van der Waals surface area contributed by atoms with Gasteiger partial charge in [-0.25, -0.2) is 8.78 Å². The Bertz CT molecular complexity index is 391. The summed E-state index contributed by atoms with van der Waals surface area (Å²) in [6.45, 7) is -0.492. The number of nitrogens with zero attached hydrogens (tertiary/aromatic N) is 2. The summed E-state index contributed by atoms with van der Waals surface area (Å²) < 4.78 is 25.3. The molecule has 9 heteroatoms. The highest BCUT2D eigenvalue weighted by atomic mass is 35.5. The largest absolute Gasteiger partial charge is 0.322 e. The number of anilines is 1. The number of alkyl halides is 2. The van der Waals surface area contributed by atoms with Crippen LogP contribution in [0.2, 0.25) is 0 Å². The van der Waals surface area contributed by atoms with Gasteiger partial charge in [-0.3, -0.25) is 9.48 Å². The predicted octanol–water partition coefficient (Wildman–Crippen LogP) is 1.59. The van der Waals surface area contributed by atoms with Crippen molar-refractivity contribution < 1.29 is 13.6 Å². The van der Waals surface area contributed by atoms with Gasteiger partial charge in [-0.2, -0.15) is 16.9 Å². The van der Waals surface area contributed by atoms with Crippen LogP contribution in [0, 0.1) is 0 Å². The second kappa shape index (κ2) is 9.11. The zero-order valence-corrected chi connectivity index (χ0v) is 12.0. The third kappa shape index (κ3) is 6.74. The van der Waals surface area contributed by atoms with Crippen molar-refractivity contribution in [1.29, 1.82) is 0 Å². The van der Waals surface area contributed by atoms with E-state index in [0.717, 1.165) is 10.4 Å². The number of nitrogens with two attached hydrogens (primary N) is 1. The highest BCUT2D eigenvalue weighted by Gasteiger charge is 2.14. The fourth-order valence-corrected chi connectivity index (χ4v) is 1.77. The minimum absolute atomic E-state index is 0. The lowest BCUT2D eigenvalue weighted by Gasteiger charge is -2.09. The molecule has 0 aliphatic heterocycles. The number of hydrogen-bond acceptors (Lipinski definition) is 4. The standard InChI is InChI=1S/C10H16F2N4OS.ClH/c1-18-3-2-8(13)10(17)15-7-4-14-16(5-7)6-9(11)12;/h4-5,8-9H,2-3,6,13H2,1H3,(H,15,17);1H/t8-;/m0./s1. The molecule has 1 aromatic rings. The van der Waals surface area contributed by atoms with Crippen LogP contribution in [0.4, 0.5) is 14.5 Å². The molecule has 0 spiro atoms. The SMILES string of the molecule is CSCC[C@H](N)C(=O)Nc1cnn(CC(F)F)c1.Cl. The summed E-state index contributed by atoms with van der Waals surface area (Å²) >= 11 is 1.60. The molecule has 0 unspecified atom stereocenters. The van der Waals surface area contributed by atoms with Gasteiger partial charge < -0.3 is 11.1 Å².